The SMILES string of the molecule is CCCCOc1ccc(N2CCN(c3cc(-c4ccccc4O)nnc3N)CC2)cc1. The zero-order valence-corrected chi connectivity index (χ0v) is 17.9. The third-order valence-corrected chi connectivity index (χ3v) is 5.57. The van der Waals surface area contributed by atoms with Crippen LogP contribution in [-0.4, -0.2) is 48.1 Å². The van der Waals surface area contributed by atoms with E-state index in [2.05, 4.69) is 39.1 Å². The summed E-state index contributed by atoms with van der Waals surface area (Å²) >= 11 is 0. The van der Waals surface area contributed by atoms with Crippen LogP contribution in [0.25, 0.3) is 11.3 Å². The molecule has 0 amide bonds. The monoisotopic (exact) mass is 419 g/mol. The number of aromatic nitrogens is 2. The van der Waals surface area contributed by atoms with Crippen LogP contribution in [0.1, 0.15) is 19.8 Å². The van der Waals surface area contributed by atoms with Crippen LogP contribution in [0.5, 0.6) is 11.5 Å². The molecule has 7 heteroatoms. The first-order valence-electron chi connectivity index (χ1n) is 10.8. The Balaban J connectivity index is 1.42. The summed E-state index contributed by atoms with van der Waals surface area (Å²) in [5, 5.41) is 18.5. The van der Waals surface area contributed by atoms with Crippen LogP contribution in [0, 0.1) is 0 Å². The van der Waals surface area contributed by atoms with Gasteiger partial charge >= 0.3 is 0 Å². The van der Waals surface area contributed by atoms with Gasteiger partial charge in [0.2, 0.25) is 0 Å². The van der Waals surface area contributed by atoms with E-state index in [1.54, 1.807) is 12.1 Å². The van der Waals surface area contributed by atoms with Crippen molar-refractivity contribution >= 4 is 17.2 Å². The fourth-order valence-electron chi connectivity index (χ4n) is 3.76. The third kappa shape index (κ3) is 4.82. The molecule has 1 aliphatic heterocycles. The number of anilines is 3. The first-order valence-corrected chi connectivity index (χ1v) is 10.8. The van der Waals surface area contributed by atoms with Crippen molar-refractivity contribution in [1.82, 2.24) is 10.2 Å². The van der Waals surface area contributed by atoms with E-state index in [1.165, 1.54) is 5.69 Å². The first kappa shape index (κ1) is 20.8. The van der Waals surface area contributed by atoms with Crippen LogP contribution in [-0.2, 0) is 0 Å². The summed E-state index contributed by atoms with van der Waals surface area (Å²) in [4.78, 5) is 4.59. The highest BCUT2D eigenvalue weighted by Crippen LogP contribution is 2.32. The molecule has 0 spiro atoms. The number of rotatable bonds is 7. The summed E-state index contributed by atoms with van der Waals surface area (Å²) in [6.07, 6.45) is 2.20. The van der Waals surface area contributed by atoms with E-state index in [-0.39, 0.29) is 5.75 Å². The van der Waals surface area contributed by atoms with Crippen molar-refractivity contribution in [2.24, 2.45) is 0 Å². The molecule has 162 valence electrons. The standard InChI is InChI=1S/C24H29N5O2/c1-2-3-16-31-19-10-8-18(9-11-19)28-12-14-29(15-13-28)22-17-21(26-27-24(22)25)20-6-4-5-7-23(20)30/h4-11,17,30H,2-3,12-16H2,1H3,(H2,25,27). The zero-order valence-electron chi connectivity index (χ0n) is 17.9. The minimum absolute atomic E-state index is 0.180. The molecule has 2 heterocycles. The van der Waals surface area contributed by atoms with E-state index in [4.69, 9.17) is 10.5 Å². The summed E-state index contributed by atoms with van der Waals surface area (Å²) in [5.41, 5.74) is 9.45. The maximum absolute atomic E-state index is 10.1. The van der Waals surface area contributed by atoms with E-state index >= 15 is 0 Å². The summed E-state index contributed by atoms with van der Waals surface area (Å²) in [6.45, 7) is 6.33. The lowest BCUT2D eigenvalue weighted by Gasteiger charge is -2.37. The predicted octanol–water partition coefficient (Wildman–Crippen LogP) is 3.94. The fraction of sp³-hybridized carbons (Fsp3) is 0.333. The maximum Gasteiger partial charge on any atom is 0.169 e. The van der Waals surface area contributed by atoms with Crippen molar-refractivity contribution in [2.75, 3.05) is 48.3 Å². The third-order valence-electron chi connectivity index (χ3n) is 5.57. The Morgan fingerprint density at radius 2 is 1.68 bits per heavy atom. The highest BCUT2D eigenvalue weighted by atomic mass is 16.5. The molecule has 7 nitrogen and oxygen atoms in total. The lowest BCUT2D eigenvalue weighted by Crippen LogP contribution is -2.46. The number of phenolic OH excluding ortho intramolecular Hbond substituents is 1. The number of nitrogens with zero attached hydrogens (tertiary/aromatic N) is 4. The van der Waals surface area contributed by atoms with E-state index < -0.39 is 0 Å². The Hall–Kier alpha value is -3.48. The summed E-state index contributed by atoms with van der Waals surface area (Å²) in [7, 11) is 0. The minimum Gasteiger partial charge on any atom is -0.507 e. The number of ether oxygens (including phenoxy) is 1. The Labute approximate surface area is 183 Å². The molecule has 1 fully saturated rings. The van der Waals surface area contributed by atoms with Gasteiger partial charge in [-0.3, -0.25) is 0 Å². The van der Waals surface area contributed by atoms with E-state index in [1.807, 2.05) is 30.3 Å². The molecule has 1 saturated heterocycles. The van der Waals surface area contributed by atoms with Gasteiger partial charge in [-0.1, -0.05) is 25.5 Å². The second-order valence-corrected chi connectivity index (χ2v) is 7.69. The Morgan fingerprint density at radius 3 is 2.39 bits per heavy atom. The second-order valence-electron chi connectivity index (χ2n) is 7.69. The molecule has 2 aromatic carbocycles. The number of phenols is 1. The van der Waals surface area contributed by atoms with Crippen LogP contribution in [0.15, 0.2) is 54.6 Å². The number of para-hydroxylation sites is 1. The molecule has 0 bridgehead atoms. The van der Waals surface area contributed by atoms with Gasteiger partial charge in [-0.25, -0.2) is 0 Å². The number of aromatic hydroxyl groups is 1. The van der Waals surface area contributed by atoms with Crippen molar-refractivity contribution in [2.45, 2.75) is 19.8 Å². The van der Waals surface area contributed by atoms with E-state index in [9.17, 15) is 5.11 Å². The van der Waals surface area contributed by atoms with Crippen LogP contribution in [0.2, 0.25) is 0 Å². The molecule has 3 N–H and O–H groups in total. The van der Waals surface area contributed by atoms with Gasteiger partial charge in [-0.05, 0) is 48.9 Å². The molecule has 31 heavy (non-hydrogen) atoms. The molecular weight excluding hydrogens is 390 g/mol. The van der Waals surface area contributed by atoms with Crippen molar-refractivity contribution in [1.29, 1.82) is 0 Å². The number of nitrogen functional groups attached to an aromatic ring is 1. The normalized spacial score (nSPS) is 14.0. The van der Waals surface area contributed by atoms with Crippen LogP contribution < -0.4 is 20.3 Å². The maximum atomic E-state index is 10.1. The first-order chi connectivity index (χ1) is 15.2. The van der Waals surface area contributed by atoms with E-state index in [0.717, 1.165) is 57.1 Å². The molecule has 0 aliphatic carbocycles. The zero-order chi connectivity index (χ0) is 21.6. The lowest BCUT2D eigenvalue weighted by atomic mass is 10.1. The second kappa shape index (κ2) is 9.55. The fourth-order valence-corrected chi connectivity index (χ4v) is 3.76. The predicted molar refractivity (Wildman–Crippen MR) is 125 cm³/mol. The number of piperazine rings is 1. The topological polar surface area (TPSA) is 87.7 Å². The highest BCUT2D eigenvalue weighted by Gasteiger charge is 2.21. The largest absolute Gasteiger partial charge is 0.507 e. The molecule has 1 aliphatic rings. The Morgan fingerprint density at radius 1 is 0.968 bits per heavy atom. The molecule has 0 radical (unpaired) electrons. The Kier molecular flexibility index (Phi) is 6.40. The van der Waals surface area contributed by atoms with Crippen LogP contribution in [0.3, 0.4) is 0 Å². The molecule has 0 unspecified atom stereocenters. The van der Waals surface area contributed by atoms with Crippen LogP contribution >= 0.6 is 0 Å². The molecule has 4 rings (SSSR count). The average Bonchev–Trinajstić information content (AvgIpc) is 2.81. The van der Waals surface area contributed by atoms with Gasteiger partial charge in [-0.2, -0.15) is 0 Å². The quantitative estimate of drug-likeness (QED) is 0.561. The number of hydrogen-bond donors (Lipinski definition) is 2. The molecule has 3 aromatic rings. The minimum atomic E-state index is 0.180. The number of benzene rings is 2. The molecule has 0 saturated carbocycles. The summed E-state index contributed by atoms with van der Waals surface area (Å²) in [5.74, 6) is 1.50. The molecular formula is C24H29N5O2. The number of nitrogens with two attached hydrogens (primary N) is 1. The van der Waals surface area contributed by atoms with Gasteiger partial charge in [0.15, 0.2) is 5.82 Å². The van der Waals surface area contributed by atoms with Crippen molar-refractivity contribution in [3.05, 3.63) is 54.6 Å². The Bertz CT molecular complexity index is 1000. The van der Waals surface area contributed by atoms with Crippen LogP contribution in [0.4, 0.5) is 17.2 Å². The van der Waals surface area contributed by atoms with Gasteiger partial charge in [-0.15, -0.1) is 10.2 Å². The average molecular weight is 420 g/mol. The van der Waals surface area contributed by atoms with Gasteiger partial charge in [0.25, 0.3) is 0 Å². The smallest absolute Gasteiger partial charge is 0.169 e. The van der Waals surface area contributed by atoms with Gasteiger partial charge in [0.1, 0.15) is 11.5 Å². The summed E-state index contributed by atoms with van der Waals surface area (Å²) in [6, 6.07) is 17.4. The number of unbranched alkanes of at least 4 members (excludes halogenated alkanes) is 1. The van der Waals surface area contributed by atoms with Crippen molar-refractivity contribution in [3.8, 4) is 22.8 Å². The summed E-state index contributed by atoms with van der Waals surface area (Å²) < 4.78 is 5.76. The van der Waals surface area contributed by atoms with Gasteiger partial charge in [0.05, 0.1) is 18.0 Å². The lowest BCUT2D eigenvalue weighted by molar-refractivity contribution is 0.309. The molecule has 0 atom stereocenters. The number of hydrogen-bond acceptors (Lipinski definition) is 7. The van der Waals surface area contributed by atoms with Crippen molar-refractivity contribution in [3.63, 3.8) is 0 Å². The van der Waals surface area contributed by atoms with Crippen molar-refractivity contribution < 1.29 is 9.84 Å². The van der Waals surface area contributed by atoms with Gasteiger partial charge in [0, 0.05) is 37.4 Å². The molecule has 1 aromatic heterocycles. The highest BCUT2D eigenvalue weighted by molar-refractivity contribution is 5.74. The van der Waals surface area contributed by atoms with E-state index in [0.29, 0.717) is 17.1 Å². The van der Waals surface area contributed by atoms with Gasteiger partial charge < -0.3 is 25.4 Å².